The van der Waals surface area contributed by atoms with E-state index in [1.165, 1.54) is 25.7 Å². The van der Waals surface area contributed by atoms with Gasteiger partial charge < -0.3 is 0 Å². The Kier molecular flexibility index (Phi) is 4.91. The Hall–Kier alpha value is -0.290. The number of thioether (sulfide) groups is 1. The van der Waals surface area contributed by atoms with Crippen molar-refractivity contribution in [2.45, 2.75) is 49.7 Å². The number of hydrogen-bond acceptors (Lipinski definition) is 4. The van der Waals surface area contributed by atoms with Crippen molar-refractivity contribution in [1.29, 1.82) is 0 Å². The van der Waals surface area contributed by atoms with Gasteiger partial charge in [0.25, 0.3) is 0 Å². The minimum atomic E-state index is 0.533. The lowest BCUT2D eigenvalue weighted by atomic mass is 10.3. The fourth-order valence-electron chi connectivity index (χ4n) is 2.02. The maximum absolute atomic E-state index is 5.64. The molecule has 0 spiro atoms. The zero-order valence-electron chi connectivity index (χ0n) is 9.31. The van der Waals surface area contributed by atoms with Crippen LogP contribution in [-0.4, -0.2) is 31.8 Å². The zero-order chi connectivity index (χ0) is 11.2. The zero-order valence-corrected chi connectivity index (χ0v) is 10.9. The highest BCUT2D eigenvalue weighted by molar-refractivity contribution is 7.99. The molecule has 0 amide bonds. The molecule has 1 aromatic heterocycles. The van der Waals surface area contributed by atoms with E-state index in [0.29, 0.717) is 6.04 Å². The second-order valence-electron chi connectivity index (χ2n) is 4.09. The topological polar surface area (TPSA) is 43.6 Å². The molecular weight excluding hydrogens is 244 g/mol. The molecule has 0 atom stereocenters. The summed E-state index contributed by atoms with van der Waals surface area (Å²) in [5, 5.41) is 13.0. The monoisotopic (exact) mass is 260 g/mol. The molecule has 0 bridgehead atoms. The average Bonchev–Trinajstić information content (AvgIpc) is 2.94. The maximum Gasteiger partial charge on any atom is 0.209 e. The lowest BCUT2D eigenvalue weighted by molar-refractivity contribution is 0.423. The highest BCUT2D eigenvalue weighted by Crippen LogP contribution is 2.31. The Balaban J connectivity index is 1.86. The van der Waals surface area contributed by atoms with Gasteiger partial charge in [-0.15, -0.1) is 16.7 Å². The van der Waals surface area contributed by atoms with E-state index >= 15 is 0 Å². The molecule has 6 heteroatoms. The van der Waals surface area contributed by atoms with Crippen LogP contribution in [0, 0.1) is 0 Å². The Bertz CT molecular complexity index is 312. The van der Waals surface area contributed by atoms with Crippen molar-refractivity contribution in [3.8, 4) is 0 Å². The fraction of sp³-hybridized carbons (Fsp3) is 0.900. The van der Waals surface area contributed by atoms with Gasteiger partial charge in [0, 0.05) is 11.6 Å². The van der Waals surface area contributed by atoms with Gasteiger partial charge in [0.2, 0.25) is 5.16 Å². The van der Waals surface area contributed by atoms with Gasteiger partial charge in [0.15, 0.2) is 0 Å². The summed E-state index contributed by atoms with van der Waals surface area (Å²) >= 11 is 7.39. The molecular formula is C10H17ClN4S. The molecule has 0 saturated heterocycles. The number of aromatic nitrogens is 4. The maximum atomic E-state index is 5.64. The second kappa shape index (κ2) is 6.45. The Morgan fingerprint density at radius 3 is 2.88 bits per heavy atom. The van der Waals surface area contributed by atoms with Crippen LogP contribution in [-0.2, 0) is 0 Å². The molecule has 1 aromatic rings. The van der Waals surface area contributed by atoms with Crippen LogP contribution in [0.15, 0.2) is 5.16 Å². The van der Waals surface area contributed by atoms with Crippen LogP contribution in [0.1, 0.15) is 44.6 Å². The standard InChI is InChI=1S/C10H17ClN4S/c11-7-3-4-8-16-10-12-13-14-15(10)9-5-1-2-6-9/h9H,1-8H2. The van der Waals surface area contributed by atoms with E-state index < -0.39 is 0 Å². The summed E-state index contributed by atoms with van der Waals surface area (Å²) < 4.78 is 2.01. The van der Waals surface area contributed by atoms with Crippen LogP contribution in [0.3, 0.4) is 0 Å². The van der Waals surface area contributed by atoms with Gasteiger partial charge in [-0.25, -0.2) is 4.68 Å². The van der Waals surface area contributed by atoms with Gasteiger partial charge >= 0.3 is 0 Å². The van der Waals surface area contributed by atoms with E-state index in [0.717, 1.165) is 29.6 Å². The largest absolute Gasteiger partial charge is 0.217 e. The molecule has 1 fully saturated rings. The van der Waals surface area contributed by atoms with Gasteiger partial charge in [-0.05, 0) is 36.1 Å². The van der Waals surface area contributed by atoms with E-state index in [1.807, 2.05) is 4.68 Å². The summed E-state index contributed by atoms with van der Waals surface area (Å²) in [6, 6.07) is 0.533. The van der Waals surface area contributed by atoms with Crippen LogP contribution in [0.25, 0.3) is 0 Å². The Labute approximate surface area is 105 Å². The second-order valence-corrected chi connectivity index (χ2v) is 5.53. The SMILES string of the molecule is ClCCCCSc1nnnn1C1CCCC1. The highest BCUT2D eigenvalue weighted by atomic mass is 35.5. The van der Waals surface area contributed by atoms with Crippen LogP contribution >= 0.6 is 23.4 Å². The molecule has 1 saturated carbocycles. The van der Waals surface area contributed by atoms with E-state index in [1.54, 1.807) is 11.8 Å². The van der Waals surface area contributed by atoms with Crippen LogP contribution in [0.4, 0.5) is 0 Å². The molecule has 0 radical (unpaired) electrons. The quantitative estimate of drug-likeness (QED) is 0.448. The third-order valence-corrected chi connectivity index (χ3v) is 4.18. The fourth-order valence-corrected chi connectivity index (χ4v) is 3.15. The molecule has 2 rings (SSSR count). The predicted octanol–water partition coefficient (Wildman–Crippen LogP) is 2.90. The van der Waals surface area contributed by atoms with Crippen molar-refractivity contribution in [2.24, 2.45) is 0 Å². The molecule has 16 heavy (non-hydrogen) atoms. The average molecular weight is 261 g/mol. The highest BCUT2D eigenvalue weighted by Gasteiger charge is 2.21. The summed E-state index contributed by atoms with van der Waals surface area (Å²) in [7, 11) is 0. The summed E-state index contributed by atoms with van der Waals surface area (Å²) in [5.74, 6) is 1.80. The van der Waals surface area contributed by atoms with Crippen LogP contribution in [0.2, 0.25) is 0 Å². The van der Waals surface area contributed by atoms with Gasteiger partial charge in [0.1, 0.15) is 0 Å². The van der Waals surface area contributed by atoms with Crippen LogP contribution < -0.4 is 0 Å². The first-order valence-corrected chi connectivity index (χ1v) is 7.40. The first-order chi connectivity index (χ1) is 7.92. The molecule has 1 heterocycles. The summed E-state index contributed by atoms with van der Waals surface area (Å²) in [4.78, 5) is 0. The van der Waals surface area contributed by atoms with E-state index in [9.17, 15) is 0 Å². The normalized spacial score (nSPS) is 17.1. The lowest BCUT2D eigenvalue weighted by Gasteiger charge is -2.10. The molecule has 1 aliphatic rings. The van der Waals surface area contributed by atoms with Gasteiger partial charge in [-0.3, -0.25) is 0 Å². The van der Waals surface area contributed by atoms with E-state index in [-0.39, 0.29) is 0 Å². The lowest BCUT2D eigenvalue weighted by Crippen LogP contribution is -2.08. The van der Waals surface area contributed by atoms with Crippen molar-refractivity contribution in [2.75, 3.05) is 11.6 Å². The van der Waals surface area contributed by atoms with Crippen molar-refractivity contribution in [3.05, 3.63) is 0 Å². The number of unbranched alkanes of at least 4 members (excludes halogenated alkanes) is 1. The number of halogens is 1. The number of tetrazole rings is 1. The van der Waals surface area contributed by atoms with Crippen molar-refractivity contribution >= 4 is 23.4 Å². The van der Waals surface area contributed by atoms with Crippen molar-refractivity contribution < 1.29 is 0 Å². The number of nitrogens with zero attached hydrogens (tertiary/aromatic N) is 4. The first-order valence-electron chi connectivity index (χ1n) is 5.88. The molecule has 1 aliphatic carbocycles. The molecule has 90 valence electrons. The van der Waals surface area contributed by atoms with Gasteiger partial charge in [-0.1, -0.05) is 24.6 Å². The number of rotatable bonds is 6. The third kappa shape index (κ3) is 3.10. The van der Waals surface area contributed by atoms with Crippen LogP contribution in [0.5, 0.6) is 0 Å². The van der Waals surface area contributed by atoms with Crippen molar-refractivity contribution in [1.82, 2.24) is 20.2 Å². The summed E-state index contributed by atoms with van der Waals surface area (Å²) in [5.41, 5.74) is 0. The summed E-state index contributed by atoms with van der Waals surface area (Å²) in [6.07, 6.45) is 7.26. The molecule has 4 nitrogen and oxygen atoms in total. The first kappa shape index (κ1) is 12.2. The Morgan fingerprint density at radius 2 is 2.12 bits per heavy atom. The van der Waals surface area contributed by atoms with Crippen molar-refractivity contribution in [3.63, 3.8) is 0 Å². The Morgan fingerprint density at radius 1 is 1.31 bits per heavy atom. The smallest absolute Gasteiger partial charge is 0.209 e. The van der Waals surface area contributed by atoms with Gasteiger partial charge in [0.05, 0.1) is 6.04 Å². The third-order valence-electron chi connectivity index (χ3n) is 2.89. The summed E-state index contributed by atoms with van der Waals surface area (Å²) in [6.45, 7) is 0. The molecule has 0 aromatic carbocycles. The van der Waals surface area contributed by atoms with E-state index in [2.05, 4.69) is 15.5 Å². The van der Waals surface area contributed by atoms with Gasteiger partial charge in [-0.2, -0.15) is 0 Å². The molecule has 0 unspecified atom stereocenters. The predicted molar refractivity (Wildman–Crippen MR) is 66.0 cm³/mol. The minimum Gasteiger partial charge on any atom is -0.217 e. The molecule has 0 aliphatic heterocycles. The van der Waals surface area contributed by atoms with E-state index in [4.69, 9.17) is 11.6 Å². The molecule has 0 N–H and O–H groups in total. The minimum absolute atomic E-state index is 0.533. The number of hydrogen-bond donors (Lipinski definition) is 0. The number of alkyl halides is 1.